The molecule has 0 unspecified atom stereocenters. The molecule has 7 heteroatoms. The molecule has 6 nitrogen and oxygen atoms in total. The van der Waals surface area contributed by atoms with E-state index in [0.29, 0.717) is 0 Å². The molecule has 0 saturated carbocycles. The van der Waals surface area contributed by atoms with Gasteiger partial charge in [0.1, 0.15) is 5.82 Å². The number of aryl methyl sites for hydroxylation is 1. The van der Waals surface area contributed by atoms with Crippen LogP contribution in [0.1, 0.15) is 42.4 Å². The van der Waals surface area contributed by atoms with E-state index in [4.69, 9.17) is 0 Å². The lowest BCUT2D eigenvalue weighted by molar-refractivity contribution is -0.127. The molecule has 1 amide bonds. The van der Waals surface area contributed by atoms with Gasteiger partial charge in [-0.3, -0.25) is 9.69 Å². The van der Waals surface area contributed by atoms with Crippen molar-refractivity contribution in [1.29, 1.82) is 0 Å². The van der Waals surface area contributed by atoms with Crippen molar-refractivity contribution in [2.75, 3.05) is 26.2 Å². The minimum absolute atomic E-state index is 0.0900. The van der Waals surface area contributed by atoms with E-state index < -0.39 is 0 Å². The number of hydrogen-bond donors (Lipinski definition) is 0. The van der Waals surface area contributed by atoms with Crippen LogP contribution in [0.25, 0.3) is 11.9 Å². The molecule has 0 spiro atoms. The second kappa shape index (κ2) is 9.24. The number of nitrogens with zero attached hydrogens (tertiary/aromatic N) is 5. The average Bonchev–Trinajstić information content (AvgIpc) is 3.48. The normalized spacial score (nSPS) is 15.5. The van der Waals surface area contributed by atoms with Gasteiger partial charge in [-0.15, -0.1) is 0 Å². The predicted octanol–water partition coefficient (Wildman–Crippen LogP) is 4.29. The van der Waals surface area contributed by atoms with Crippen LogP contribution < -0.4 is 0 Å². The Bertz CT molecular complexity index is 1050. The van der Waals surface area contributed by atoms with Crippen LogP contribution in [0.15, 0.2) is 41.2 Å². The molecular weight excluding hydrogens is 406 g/mol. The zero-order chi connectivity index (χ0) is 22.0. The monoisotopic (exact) mass is 437 g/mol. The van der Waals surface area contributed by atoms with Crippen LogP contribution in [-0.4, -0.2) is 56.2 Å². The van der Waals surface area contributed by atoms with Crippen LogP contribution in [0.5, 0.6) is 0 Å². The molecule has 1 saturated heterocycles. The van der Waals surface area contributed by atoms with E-state index in [9.17, 15) is 4.79 Å². The first-order valence-electron chi connectivity index (χ1n) is 10.9. The third-order valence-corrected chi connectivity index (χ3v) is 6.65. The van der Waals surface area contributed by atoms with Crippen molar-refractivity contribution in [3.05, 3.63) is 63.7 Å². The second-order valence-electron chi connectivity index (χ2n) is 8.46. The Morgan fingerprint density at radius 3 is 2.65 bits per heavy atom. The number of aromatic nitrogens is 3. The molecule has 0 N–H and O–H groups in total. The zero-order valence-electron chi connectivity index (χ0n) is 18.8. The molecule has 1 aliphatic rings. The third kappa shape index (κ3) is 4.67. The lowest BCUT2D eigenvalue weighted by atomic mass is 10.2. The molecule has 1 aliphatic heterocycles. The molecule has 4 rings (SSSR count). The van der Waals surface area contributed by atoms with Crippen LogP contribution in [0, 0.1) is 13.8 Å². The Kier molecular flexibility index (Phi) is 6.43. The molecule has 31 heavy (non-hydrogen) atoms. The van der Waals surface area contributed by atoms with Crippen LogP contribution >= 0.6 is 11.3 Å². The lowest BCUT2D eigenvalue weighted by Gasteiger charge is -2.34. The van der Waals surface area contributed by atoms with E-state index >= 15 is 0 Å². The fourth-order valence-electron chi connectivity index (χ4n) is 4.22. The summed E-state index contributed by atoms with van der Waals surface area (Å²) in [6, 6.07) is 6.63. The highest BCUT2D eigenvalue weighted by atomic mass is 32.1. The molecule has 4 heterocycles. The zero-order valence-corrected chi connectivity index (χ0v) is 19.6. The van der Waals surface area contributed by atoms with Crippen molar-refractivity contribution in [3.63, 3.8) is 0 Å². The van der Waals surface area contributed by atoms with E-state index in [1.165, 1.54) is 5.56 Å². The van der Waals surface area contributed by atoms with Gasteiger partial charge in [-0.25, -0.2) is 4.68 Å². The Balaban J connectivity index is 1.41. The van der Waals surface area contributed by atoms with Gasteiger partial charge in [0.2, 0.25) is 5.91 Å². The molecular formula is C24H31N5OS. The molecule has 0 aromatic carbocycles. The first-order valence-corrected chi connectivity index (χ1v) is 11.8. The number of piperazine rings is 1. The van der Waals surface area contributed by atoms with Crippen LogP contribution in [0.2, 0.25) is 0 Å². The topological polar surface area (TPSA) is 46.3 Å². The van der Waals surface area contributed by atoms with E-state index in [-0.39, 0.29) is 11.9 Å². The SMILES string of the molecule is Cc1cc(/C=C/C(=O)N2CCN(Cc3ccsc3)CC2)c(C)n1-c1ccnn1C(C)C. The van der Waals surface area contributed by atoms with Gasteiger partial charge < -0.3 is 9.47 Å². The summed E-state index contributed by atoms with van der Waals surface area (Å²) in [7, 11) is 0. The van der Waals surface area contributed by atoms with Crippen LogP contribution in [0.3, 0.4) is 0 Å². The van der Waals surface area contributed by atoms with Gasteiger partial charge in [-0.1, -0.05) is 0 Å². The molecule has 3 aromatic heterocycles. The summed E-state index contributed by atoms with van der Waals surface area (Å²) in [5.74, 6) is 1.14. The van der Waals surface area contributed by atoms with Gasteiger partial charge >= 0.3 is 0 Å². The van der Waals surface area contributed by atoms with Crippen molar-refractivity contribution >= 4 is 23.3 Å². The number of rotatable bonds is 6. The van der Waals surface area contributed by atoms with E-state index in [1.54, 1.807) is 17.4 Å². The van der Waals surface area contributed by atoms with Crippen molar-refractivity contribution in [2.45, 2.75) is 40.3 Å². The summed E-state index contributed by atoms with van der Waals surface area (Å²) >= 11 is 1.74. The first kappa shape index (κ1) is 21.6. The number of carbonyl (C=O) groups is 1. The highest BCUT2D eigenvalue weighted by molar-refractivity contribution is 7.07. The number of carbonyl (C=O) groups excluding carboxylic acids is 1. The summed E-state index contributed by atoms with van der Waals surface area (Å²) in [5.41, 5.74) is 4.68. The molecule has 3 aromatic rings. The minimum Gasteiger partial charge on any atom is -0.337 e. The van der Waals surface area contributed by atoms with E-state index in [1.807, 2.05) is 27.9 Å². The van der Waals surface area contributed by atoms with Gasteiger partial charge in [-0.05, 0) is 67.8 Å². The lowest BCUT2D eigenvalue weighted by Crippen LogP contribution is -2.47. The fourth-order valence-corrected chi connectivity index (χ4v) is 4.88. The third-order valence-electron chi connectivity index (χ3n) is 5.91. The second-order valence-corrected chi connectivity index (χ2v) is 9.24. The summed E-state index contributed by atoms with van der Waals surface area (Å²) in [6.07, 6.45) is 5.51. The van der Waals surface area contributed by atoms with Gasteiger partial charge in [-0.2, -0.15) is 16.4 Å². The number of amides is 1. The molecule has 0 aliphatic carbocycles. The van der Waals surface area contributed by atoms with E-state index in [2.05, 4.69) is 65.2 Å². The fraction of sp³-hybridized carbons (Fsp3) is 0.417. The highest BCUT2D eigenvalue weighted by Crippen LogP contribution is 2.23. The summed E-state index contributed by atoms with van der Waals surface area (Å²) in [4.78, 5) is 17.1. The summed E-state index contributed by atoms with van der Waals surface area (Å²) < 4.78 is 4.23. The van der Waals surface area contributed by atoms with E-state index in [0.717, 1.165) is 55.5 Å². The summed E-state index contributed by atoms with van der Waals surface area (Å²) in [5, 5.41) is 8.78. The van der Waals surface area contributed by atoms with Gasteiger partial charge in [0.15, 0.2) is 0 Å². The molecule has 0 bridgehead atoms. The molecule has 164 valence electrons. The van der Waals surface area contributed by atoms with Crippen molar-refractivity contribution in [1.82, 2.24) is 24.1 Å². The van der Waals surface area contributed by atoms with Crippen molar-refractivity contribution < 1.29 is 4.79 Å². The van der Waals surface area contributed by atoms with Gasteiger partial charge in [0.05, 0.1) is 6.20 Å². The Morgan fingerprint density at radius 1 is 1.19 bits per heavy atom. The van der Waals surface area contributed by atoms with Gasteiger partial charge in [0, 0.05) is 62.3 Å². The molecule has 0 atom stereocenters. The Morgan fingerprint density at radius 2 is 1.97 bits per heavy atom. The van der Waals surface area contributed by atoms with Gasteiger partial charge in [0.25, 0.3) is 0 Å². The van der Waals surface area contributed by atoms with Crippen LogP contribution in [0.4, 0.5) is 0 Å². The Hall–Kier alpha value is -2.64. The quantitative estimate of drug-likeness (QED) is 0.541. The van der Waals surface area contributed by atoms with Crippen molar-refractivity contribution in [3.8, 4) is 5.82 Å². The first-order chi connectivity index (χ1) is 14.9. The standard InChI is InChI=1S/C24H31N5OS/c1-18(2)29-23(7-9-25-29)28-19(3)15-22(20(28)4)5-6-24(30)27-12-10-26(11-13-27)16-21-8-14-31-17-21/h5-9,14-15,17-18H,10-13,16H2,1-4H3/b6-5+. The minimum atomic E-state index is 0.0900. The number of hydrogen-bond acceptors (Lipinski definition) is 4. The number of thiophene rings is 1. The maximum absolute atomic E-state index is 12.8. The Labute approximate surface area is 188 Å². The largest absolute Gasteiger partial charge is 0.337 e. The highest BCUT2D eigenvalue weighted by Gasteiger charge is 2.20. The van der Waals surface area contributed by atoms with Crippen LogP contribution in [-0.2, 0) is 11.3 Å². The maximum Gasteiger partial charge on any atom is 0.246 e. The maximum atomic E-state index is 12.8. The van der Waals surface area contributed by atoms with Crippen molar-refractivity contribution in [2.24, 2.45) is 0 Å². The molecule has 1 fully saturated rings. The average molecular weight is 438 g/mol. The smallest absolute Gasteiger partial charge is 0.246 e. The molecule has 0 radical (unpaired) electrons. The predicted molar refractivity (Wildman–Crippen MR) is 127 cm³/mol. The summed E-state index contributed by atoms with van der Waals surface area (Å²) in [6.45, 7) is 12.8.